The molecule has 0 radical (unpaired) electrons. The summed E-state index contributed by atoms with van der Waals surface area (Å²) in [6.07, 6.45) is 1.71. The van der Waals surface area contributed by atoms with E-state index in [1.165, 1.54) is 11.8 Å². The van der Waals surface area contributed by atoms with Crippen LogP contribution in [-0.4, -0.2) is 56.3 Å². The lowest BCUT2D eigenvalue weighted by atomic mass is 9.98. The Bertz CT molecular complexity index is 1540. The molecule has 0 aliphatic carbocycles. The van der Waals surface area contributed by atoms with Gasteiger partial charge in [0.25, 0.3) is 0 Å². The highest BCUT2D eigenvalue weighted by molar-refractivity contribution is 8.01. The van der Waals surface area contributed by atoms with Crippen molar-refractivity contribution in [1.29, 1.82) is 0 Å². The van der Waals surface area contributed by atoms with Gasteiger partial charge in [0.2, 0.25) is 5.16 Å². The van der Waals surface area contributed by atoms with Gasteiger partial charge in [-0.25, -0.2) is 4.68 Å². The fraction of sp³-hybridized carbons (Fsp3) is 0.379. The lowest BCUT2D eigenvalue weighted by Crippen LogP contribution is -2.30. The van der Waals surface area contributed by atoms with Crippen LogP contribution in [0, 0.1) is 0 Å². The maximum Gasteiger partial charge on any atom is 0.322 e. The van der Waals surface area contributed by atoms with Gasteiger partial charge in [-0.15, -0.1) is 5.10 Å². The van der Waals surface area contributed by atoms with Gasteiger partial charge in [0.05, 0.1) is 32.2 Å². The number of tetrazole rings is 1. The van der Waals surface area contributed by atoms with Crippen LogP contribution in [0.3, 0.4) is 0 Å². The van der Waals surface area contributed by atoms with Crippen LogP contribution >= 0.6 is 23.4 Å². The number of para-hydroxylation sites is 1. The molecular weight excluding hydrogens is 566 g/mol. The van der Waals surface area contributed by atoms with Gasteiger partial charge in [-0.05, 0) is 74.0 Å². The first-order chi connectivity index (χ1) is 19.8. The molecule has 0 saturated heterocycles. The number of halogens is 1. The van der Waals surface area contributed by atoms with Crippen molar-refractivity contribution in [2.45, 2.75) is 55.8 Å². The molecule has 41 heavy (non-hydrogen) atoms. The molecule has 12 heteroatoms. The largest absolute Gasteiger partial charge is 0.493 e. The number of fused-ring (bicyclic) bond motifs is 3. The molecule has 0 spiro atoms. The van der Waals surface area contributed by atoms with Gasteiger partial charge < -0.3 is 23.5 Å². The Hall–Kier alpha value is -3.54. The molecule has 1 aliphatic heterocycles. The van der Waals surface area contributed by atoms with Gasteiger partial charge in [0, 0.05) is 28.9 Å². The van der Waals surface area contributed by atoms with Crippen molar-refractivity contribution in [3.8, 4) is 17.2 Å². The number of carbonyl (C=O) groups excluding carboxylic acids is 1. The molecule has 10 nitrogen and oxygen atoms in total. The molecule has 0 N–H and O–H groups in total. The van der Waals surface area contributed by atoms with Crippen molar-refractivity contribution in [3.05, 3.63) is 76.6 Å². The first-order valence-electron chi connectivity index (χ1n) is 13.2. The summed E-state index contributed by atoms with van der Waals surface area (Å²) in [4.78, 5) is 12.5. The van der Waals surface area contributed by atoms with Crippen LogP contribution in [0.4, 0.5) is 0 Å². The summed E-state index contributed by atoms with van der Waals surface area (Å²) in [5.74, 6) is 0.879. The van der Waals surface area contributed by atoms with E-state index >= 15 is 0 Å². The third kappa shape index (κ3) is 5.79. The Labute approximate surface area is 247 Å². The number of aromatic nitrogens is 5. The number of hydrogen-bond donors (Lipinski definition) is 0. The summed E-state index contributed by atoms with van der Waals surface area (Å²) in [5, 5.41) is 13.4. The smallest absolute Gasteiger partial charge is 0.322 e. The van der Waals surface area contributed by atoms with Crippen LogP contribution < -0.4 is 9.47 Å². The van der Waals surface area contributed by atoms with E-state index in [-0.39, 0.29) is 12.1 Å². The maximum absolute atomic E-state index is 12.5. The molecule has 0 saturated carbocycles. The molecule has 0 fully saturated rings. The Morgan fingerprint density at radius 1 is 1.12 bits per heavy atom. The molecular formula is C29H32ClN5O5S. The number of benzene rings is 2. The number of nitrogens with zero attached hydrogens (tertiary/aromatic N) is 5. The van der Waals surface area contributed by atoms with Crippen molar-refractivity contribution in [1.82, 2.24) is 24.8 Å². The average molecular weight is 598 g/mol. The SMILES string of the molecule is CCOC(=O)C(C)(C)Sc1nnnn1CC[C@H]1O[C@H](c2cccc(OC)c2OC)c2cc(Cl)ccc2-n2cccc21. The van der Waals surface area contributed by atoms with Gasteiger partial charge in [0.15, 0.2) is 11.5 Å². The normalized spacial score (nSPS) is 16.4. The molecule has 0 unspecified atom stereocenters. The van der Waals surface area contributed by atoms with Crippen molar-refractivity contribution >= 4 is 29.3 Å². The number of ether oxygens (including phenoxy) is 4. The first-order valence-corrected chi connectivity index (χ1v) is 14.4. The minimum Gasteiger partial charge on any atom is -0.493 e. The van der Waals surface area contributed by atoms with Crippen LogP contribution in [0.15, 0.2) is 59.9 Å². The predicted octanol–water partition coefficient (Wildman–Crippen LogP) is 5.82. The van der Waals surface area contributed by atoms with Crippen molar-refractivity contribution in [2.24, 2.45) is 0 Å². The molecule has 0 bridgehead atoms. The fourth-order valence-electron chi connectivity index (χ4n) is 4.94. The highest BCUT2D eigenvalue weighted by Crippen LogP contribution is 2.46. The van der Waals surface area contributed by atoms with Crippen molar-refractivity contribution in [3.63, 3.8) is 0 Å². The van der Waals surface area contributed by atoms with Crippen LogP contribution in [0.25, 0.3) is 5.69 Å². The third-order valence-corrected chi connectivity index (χ3v) is 8.26. The van der Waals surface area contributed by atoms with E-state index in [1.54, 1.807) is 39.7 Å². The topological polar surface area (TPSA) is 103 Å². The first kappa shape index (κ1) is 29.0. The monoisotopic (exact) mass is 597 g/mol. The zero-order valence-electron chi connectivity index (χ0n) is 23.5. The van der Waals surface area contributed by atoms with Crippen molar-refractivity contribution in [2.75, 3.05) is 20.8 Å². The summed E-state index contributed by atoms with van der Waals surface area (Å²) in [6.45, 7) is 6.13. The van der Waals surface area contributed by atoms with Gasteiger partial charge in [-0.3, -0.25) is 4.79 Å². The van der Waals surface area contributed by atoms with Crippen molar-refractivity contribution < 1.29 is 23.7 Å². The summed E-state index contributed by atoms with van der Waals surface area (Å²) < 4.78 is 26.5. The number of carbonyl (C=O) groups is 1. The quantitative estimate of drug-likeness (QED) is 0.165. The third-order valence-electron chi connectivity index (χ3n) is 6.87. The standard InChI is InChI=1S/C29H32ClN5O5S/c1-6-39-27(36)29(2,3)41-28-31-32-33-35(28)16-14-23-22-10-8-15-34(22)21-13-12-18(30)17-20(21)25(40-23)19-9-7-11-24(37-4)26(19)38-5/h7-13,15,17,23,25H,6,14,16H2,1-5H3/t23-,25-/m1/s1. The molecule has 2 aromatic carbocycles. The molecule has 216 valence electrons. The Morgan fingerprint density at radius 2 is 1.95 bits per heavy atom. The minimum absolute atomic E-state index is 0.305. The second-order valence-corrected chi connectivity index (χ2v) is 11.9. The second kappa shape index (κ2) is 12.1. The summed E-state index contributed by atoms with van der Waals surface area (Å²) in [5.41, 5.74) is 3.66. The van der Waals surface area contributed by atoms with E-state index in [0.29, 0.717) is 41.3 Å². The number of thioether (sulfide) groups is 1. The lowest BCUT2D eigenvalue weighted by Gasteiger charge is -2.25. The van der Waals surface area contributed by atoms with Gasteiger partial charge in [0.1, 0.15) is 17.0 Å². The molecule has 5 rings (SSSR count). The second-order valence-electron chi connectivity index (χ2n) is 9.90. The number of aryl methyl sites for hydroxylation is 1. The molecule has 2 aromatic heterocycles. The molecule has 4 aromatic rings. The number of methoxy groups -OCH3 is 2. The van der Waals surface area contributed by atoms with Crippen LogP contribution in [-0.2, 0) is 20.8 Å². The molecule has 1 aliphatic rings. The number of esters is 1. The summed E-state index contributed by atoms with van der Waals surface area (Å²) >= 11 is 7.78. The molecule has 3 heterocycles. The number of hydrogen-bond acceptors (Lipinski definition) is 9. The lowest BCUT2D eigenvalue weighted by molar-refractivity contribution is -0.145. The minimum atomic E-state index is -0.856. The zero-order chi connectivity index (χ0) is 29.1. The van der Waals surface area contributed by atoms with Gasteiger partial charge in [-0.2, -0.15) is 0 Å². The van der Waals surface area contributed by atoms with E-state index in [0.717, 1.165) is 22.5 Å². The Morgan fingerprint density at radius 3 is 2.71 bits per heavy atom. The maximum atomic E-state index is 12.5. The van der Waals surface area contributed by atoms with Crippen LogP contribution in [0.5, 0.6) is 11.5 Å². The van der Waals surface area contributed by atoms with Crippen LogP contribution in [0.2, 0.25) is 5.02 Å². The van der Waals surface area contributed by atoms with E-state index in [4.69, 9.17) is 30.5 Å². The molecule has 0 amide bonds. The summed E-state index contributed by atoms with van der Waals surface area (Å²) in [6, 6.07) is 15.6. The highest BCUT2D eigenvalue weighted by Gasteiger charge is 2.35. The number of rotatable bonds is 10. The highest BCUT2D eigenvalue weighted by atomic mass is 35.5. The van der Waals surface area contributed by atoms with E-state index < -0.39 is 10.9 Å². The van der Waals surface area contributed by atoms with E-state index in [2.05, 4.69) is 20.1 Å². The van der Waals surface area contributed by atoms with Gasteiger partial charge in [-0.1, -0.05) is 35.5 Å². The van der Waals surface area contributed by atoms with E-state index in [1.807, 2.05) is 54.7 Å². The Balaban J connectivity index is 1.50. The summed E-state index contributed by atoms with van der Waals surface area (Å²) in [7, 11) is 3.23. The van der Waals surface area contributed by atoms with Gasteiger partial charge >= 0.3 is 5.97 Å². The Kier molecular flexibility index (Phi) is 8.58. The average Bonchev–Trinajstić information content (AvgIpc) is 3.60. The van der Waals surface area contributed by atoms with Crippen LogP contribution in [0.1, 0.15) is 56.2 Å². The molecule has 2 atom stereocenters. The predicted molar refractivity (Wildman–Crippen MR) is 155 cm³/mol. The fourth-order valence-corrected chi connectivity index (χ4v) is 6.03. The van der Waals surface area contributed by atoms with E-state index in [9.17, 15) is 4.79 Å². The zero-order valence-corrected chi connectivity index (χ0v) is 25.1.